The van der Waals surface area contributed by atoms with E-state index in [1.807, 2.05) is 0 Å². The maximum atomic E-state index is 12.1. The Bertz CT molecular complexity index is 414. The Balaban J connectivity index is 4.12. The zero-order chi connectivity index (χ0) is 17.1. The van der Waals surface area contributed by atoms with Gasteiger partial charge in [-0.2, -0.15) is 0 Å². The van der Waals surface area contributed by atoms with E-state index in [0.717, 1.165) is 6.42 Å². The molecule has 0 aromatic rings. The molecular weight excluding hydrogens is 308 g/mol. The quantitative estimate of drug-likeness (QED) is 0.315. The monoisotopic (exact) mass is 332 g/mol. The van der Waals surface area contributed by atoms with Crippen LogP contribution in [0.15, 0.2) is 0 Å². The first-order valence-corrected chi connectivity index (χ1v) is 7.58. The molecule has 0 aromatic carbocycles. The summed E-state index contributed by atoms with van der Waals surface area (Å²) in [5.74, 6) is -1.46. The van der Waals surface area contributed by atoms with Gasteiger partial charge in [0.15, 0.2) is 5.12 Å². The van der Waals surface area contributed by atoms with E-state index in [-0.39, 0.29) is 18.1 Å². The van der Waals surface area contributed by atoms with Crippen LogP contribution in [0.1, 0.15) is 39.5 Å². The molecule has 8 heteroatoms. The molecule has 0 bridgehead atoms. The normalized spacial score (nSPS) is 12.9. The van der Waals surface area contributed by atoms with Gasteiger partial charge in [0.2, 0.25) is 5.91 Å². The summed E-state index contributed by atoms with van der Waals surface area (Å²) in [6.07, 6.45) is 1.80. The summed E-state index contributed by atoms with van der Waals surface area (Å²) >= 11 is 3.73. The Morgan fingerprint density at radius 1 is 1.14 bits per heavy atom. The number of rotatable bonds is 10. The first-order chi connectivity index (χ1) is 10.3. The number of carbonyl (C=O) groups excluding carboxylic acids is 4. The van der Waals surface area contributed by atoms with Crippen molar-refractivity contribution in [3.8, 4) is 0 Å². The molecule has 0 radical (unpaired) electrons. The molecule has 22 heavy (non-hydrogen) atoms. The number of thiol groups is 1. The van der Waals surface area contributed by atoms with E-state index in [2.05, 4.69) is 28.0 Å². The minimum absolute atomic E-state index is 0.234. The van der Waals surface area contributed by atoms with Crippen molar-refractivity contribution in [3.63, 3.8) is 0 Å². The highest BCUT2D eigenvalue weighted by Crippen LogP contribution is 2.14. The Labute approximate surface area is 135 Å². The standard InChI is InChI=1S/C14H24N2O5S/c1-9(16-10(2)17)12(13(19)22)11(18)7-5-4-6-8-15-14(20)21-3/h9,12H,4-8H2,1-3H3,(H,15,20)(H,16,17)(H,19,22)/t9?,12-/m0/s1. The predicted octanol–water partition coefficient (Wildman–Crippen LogP) is 1.07. The number of amides is 2. The highest BCUT2D eigenvalue weighted by Gasteiger charge is 2.29. The fourth-order valence-corrected chi connectivity index (χ4v) is 2.42. The van der Waals surface area contributed by atoms with Crippen molar-refractivity contribution in [2.45, 2.75) is 45.6 Å². The van der Waals surface area contributed by atoms with E-state index < -0.39 is 23.2 Å². The Morgan fingerprint density at radius 2 is 1.77 bits per heavy atom. The number of ether oxygens (including phenoxy) is 1. The van der Waals surface area contributed by atoms with E-state index >= 15 is 0 Å². The van der Waals surface area contributed by atoms with Crippen LogP contribution >= 0.6 is 12.6 Å². The molecule has 2 N–H and O–H groups in total. The van der Waals surface area contributed by atoms with Gasteiger partial charge in [0.05, 0.1) is 7.11 Å². The van der Waals surface area contributed by atoms with Crippen molar-refractivity contribution in [2.75, 3.05) is 13.7 Å². The molecule has 0 aliphatic rings. The molecule has 0 saturated heterocycles. The number of carbonyl (C=O) groups is 4. The number of alkyl carbamates (subject to hydrolysis) is 1. The van der Waals surface area contributed by atoms with Gasteiger partial charge in [-0.3, -0.25) is 14.4 Å². The van der Waals surface area contributed by atoms with E-state index in [1.165, 1.54) is 14.0 Å². The topological polar surface area (TPSA) is 102 Å². The van der Waals surface area contributed by atoms with Gasteiger partial charge in [0.25, 0.3) is 0 Å². The summed E-state index contributed by atoms with van der Waals surface area (Å²) in [4.78, 5) is 45.4. The molecule has 2 amide bonds. The molecule has 0 heterocycles. The zero-order valence-corrected chi connectivity index (χ0v) is 14.1. The van der Waals surface area contributed by atoms with E-state index in [4.69, 9.17) is 0 Å². The van der Waals surface area contributed by atoms with Crippen molar-refractivity contribution in [1.82, 2.24) is 10.6 Å². The van der Waals surface area contributed by atoms with Crippen molar-refractivity contribution in [1.29, 1.82) is 0 Å². The minimum atomic E-state index is -0.930. The van der Waals surface area contributed by atoms with E-state index in [0.29, 0.717) is 19.4 Å². The Hall–Kier alpha value is -1.57. The summed E-state index contributed by atoms with van der Waals surface area (Å²) in [6, 6.07) is -0.573. The number of unbranched alkanes of at least 4 members (excludes halogenated alkanes) is 2. The molecule has 2 atom stereocenters. The average molecular weight is 332 g/mol. The van der Waals surface area contributed by atoms with Gasteiger partial charge in [0, 0.05) is 25.9 Å². The lowest BCUT2D eigenvalue weighted by molar-refractivity contribution is -0.130. The minimum Gasteiger partial charge on any atom is -0.453 e. The highest BCUT2D eigenvalue weighted by atomic mass is 32.1. The molecular formula is C14H24N2O5S. The fraction of sp³-hybridized carbons (Fsp3) is 0.714. The largest absolute Gasteiger partial charge is 0.453 e. The molecule has 1 unspecified atom stereocenters. The van der Waals surface area contributed by atoms with Gasteiger partial charge < -0.3 is 15.4 Å². The molecule has 0 saturated carbocycles. The third kappa shape index (κ3) is 8.66. The lowest BCUT2D eigenvalue weighted by atomic mass is 9.93. The van der Waals surface area contributed by atoms with Gasteiger partial charge in [0.1, 0.15) is 11.7 Å². The first kappa shape index (κ1) is 20.4. The van der Waals surface area contributed by atoms with Gasteiger partial charge >= 0.3 is 6.09 Å². The van der Waals surface area contributed by atoms with Crippen molar-refractivity contribution >= 4 is 35.5 Å². The third-order valence-corrected chi connectivity index (χ3v) is 3.38. The summed E-state index contributed by atoms with van der Waals surface area (Å²) < 4.78 is 4.43. The maximum Gasteiger partial charge on any atom is 0.406 e. The molecule has 0 aliphatic carbocycles. The molecule has 0 fully saturated rings. The van der Waals surface area contributed by atoms with Gasteiger partial charge in [-0.25, -0.2) is 4.79 Å². The summed E-state index contributed by atoms with van der Waals surface area (Å²) in [5, 5.41) is 4.54. The van der Waals surface area contributed by atoms with Crippen molar-refractivity contribution in [3.05, 3.63) is 0 Å². The summed E-state index contributed by atoms with van der Waals surface area (Å²) in [5.41, 5.74) is 0. The Morgan fingerprint density at radius 3 is 2.27 bits per heavy atom. The molecule has 7 nitrogen and oxygen atoms in total. The summed E-state index contributed by atoms with van der Waals surface area (Å²) in [6.45, 7) is 3.41. The maximum absolute atomic E-state index is 12.1. The van der Waals surface area contributed by atoms with Crippen LogP contribution in [0.3, 0.4) is 0 Å². The second kappa shape index (κ2) is 11.1. The smallest absolute Gasteiger partial charge is 0.406 e. The number of hydrogen-bond acceptors (Lipinski definition) is 5. The van der Waals surface area contributed by atoms with Crippen LogP contribution in [0.25, 0.3) is 0 Å². The van der Waals surface area contributed by atoms with Crippen LogP contribution in [-0.4, -0.2) is 42.6 Å². The number of Topliss-reactive ketones (excluding diaryl/α,β-unsaturated/α-hetero) is 1. The van der Waals surface area contributed by atoms with Crippen molar-refractivity contribution in [2.24, 2.45) is 5.92 Å². The predicted molar refractivity (Wildman–Crippen MR) is 84.6 cm³/mol. The lowest BCUT2D eigenvalue weighted by Gasteiger charge is -2.20. The van der Waals surface area contributed by atoms with Crippen LogP contribution in [0.4, 0.5) is 4.79 Å². The Kier molecular flexibility index (Phi) is 10.3. The zero-order valence-electron chi connectivity index (χ0n) is 13.2. The van der Waals surface area contributed by atoms with Gasteiger partial charge in [-0.05, 0) is 19.8 Å². The van der Waals surface area contributed by atoms with Crippen LogP contribution < -0.4 is 10.6 Å². The number of hydrogen-bond donors (Lipinski definition) is 3. The van der Waals surface area contributed by atoms with Crippen LogP contribution in [0, 0.1) is 5.92 Å². The molecule has 0 spiro atoms. The average Bonchev–Trinajstić information content (AvgIpc) is 2.40. The molecule has 0 aliphatic heterocycles. The van der Waals surface area contributed by atoms with Crippen LogP contribution in [-0.2, 0) is 19.1 Å². The van der Waals surface area contributed by atoms with E-state index in [1.54, 1.807) is 6.92 Å². The molecule has 0 aromatic heterocycles. The fourth-order valence-electron chi connectivity index (χ4n) is 2.05. The van der Waals surface area contributed by atoms with E-state index in [9.17, 15) is 19.2 Å². The SMILES string of the molecule is COC(=O)NCCCCCC(=O)[C@@H](C(=O)S)C(C)NC(C)=O. The molecule has 126 valence electrons. The number of ketones is 1. The lowest BCUT2D eigenvalue weighted by Crippen LogP contribution is -2.43. The molecule has 0 rings (SSSR count). The second-order valence-corrected chi connectivity index (χ2v) is 5.44. The third-order valence-electron chi connectivity index (χ3n) is 3.10. The van der Waals surface area contributed by atoms with Crippen molar-refractivity contribution < 1.29 is 23.9 Å². The number of nitrogens with one attached hydrogen (secondary N) is 2. The summed E-state index contributed by atoms with van der Waals surface area (Å²) in [7, 11) is 1.29. The van der Waals surface area contributed by atoms with Crippen LogP contribution in [0.5, 0.6) is 0 Å². The highest BCUT2D eigenvalue weighted by molar-refractivity contribution is 7.96. The van der Waals surface area contributed by atoms with Crippen LogP contribution in [0.2, 0.25) is 0 Å². The number of methoxy groups -OCH3 is 1. The van der Waals surface area contributed by atoms with Gasteiger partial charge in [-0.15, -0.1) is 12.6 Å². The van der Waals surface area contributed by atoms with Gasteiger partial charge in [-0.1, -0.05) is 6.42 Å². The first-order valence-electron chi connectivity index (χ1n) is 7.14. The second-order valence-electron chi connectivity index (χ2n) is 5.00.